The SMILES string of the molecule is O=C(c1c(Cl)cccc1C(F)(F)F)n1nc([C@H]2CC[C@@H](C(=O)O)CC2)c2ncccc21. The summed E-state index contributed by atoms with van der Waals surface area (Å²) in [6, 6.07) is 6.29. The molecular weight excluding hydrogens is 435 g/mol. The number of carboxylic acids is 1. The van der Waals surface area contributed by atoms with Gasteiger partial charge in [-0.25, -0.2) is 0 Å². The van der Waals surface area contributed by atoms with Crippen molar-refractivity contribution in [1.29, 1.82) is 0 Å². The number of nitrogens with zero attached hydrogens (tertiary/aromatic N) is 3. The number of carboxylic acid groups (broad SMARTS) is 1. The molecule has 2 aromatic heterocycles. The summed E-state index contributed by atoms with van der Waals surface area (Å²) >= 11 is 6.00. The minimum atomic E-state index is -4.77. The van der Waals surface area contributed by atoms with Gasteiger partial charge in [0, 0.05) is 12.1 Å². The minimum Gasteiger partial charge on any atom is -0.481 e. The summed E-state index contributed by atoms with van der Waals surface area (Å²) in [7, 11) is 0. The topological polar surface area (TPSA) is 85.1 Å². The molecule has 0 saturated heterocycles. The van der Waals surface area contributed by atoms with E-state index in [9.17, 15) is 27.9 Å². The average Bonchev–Trinajstić information content (AvgIpc) is 3.12. The van der Waals surface area contributed by atoms with Crippen LogP contribution in [0.1, 0.15) is 53.2 Å². The second-order valence-electron chi connectivity index (χ2n) is 7.52. The fourth-order valence-corrected chi connectivity index (χ4v) is 4.36. The van der Waals surface area contributed by atoms with E-state index >= 15 is 0 Å². The van der Waals surface area contributed by atoms with Gasteiger partial charge in [-0.15, -0.1) is 0 Å². The second kappa shape index (κ2) is 7.96. The van der Waals surface area contributed by atoms with Crippen LogP contribution in [0.3, 0.4) is 0 Å². The van der Waals surface area contributed by atoms with Crippen LogP contribution in [0.2, 0.25) is 5.02 Å². The first-order valence-electron chi connectivity index (χ1n) is 9.65. The van der Waals surface area contributed by atoms with Gasteiger partial charge in [0.2, 0.25) is 0 Å². The molecule has 0 unspecified atom stereocenters. The number of halogens is 4. The van der Waals surface area contributed by atoms with Crippen molar-refractivity contribution in [2.75, 3.05) is 0 Å². The Labute approximate surface area is 179 Å². The molecule has 0 aliphatic heterocycles. The van der Waals surface area contributed by atoms with Gasteiger partial charge in [-0.3, -0.25) is 14.6 Å². The highest BCUT2D eigenvalue weighted by Crippen LogP contribution is 2.39. The van der Waals surface area contributed by atoms with E-state index in [1.165, 1.54) is 12.3 Å². The Hall–Kier alpha value is -2.94. The minimum absolute atomic E-state index is 0.143. The lowest BCUT2D eigenvalue weighted by molar-refractivity contribution is -0.143. The van der Waals surface area contributed by atoms with Crippen LogP contribution in [-0.4, -0.2) is 31.7 Å². The molecule has 10 heteroatoms. The average molecular weight is 452 g/mol. The molecule has 1 saturated carbocycles. The molecule has 0 bridgehead atoms. The number of rotatable bonds is 3. The fraction of sp³-hybridized carbons (Fsp3) is 0.333. The molecule has 1 aliphatic rings. The molecule has 1 fully saturated rings. The highest BCUT2D eigenvalue weighted by Gasteiger charge is 2.38. The Morgan fingerprint density at radius 1 is 1.10 bits per heavy atom. The number of aromatic nitrogens is 3. The molecule has 162 valence electrons. The molecule has 1 aliphatic carbocycles. The number of alkyl halides is 3. The van der Waals surface area contributed by atoms with Gasteiger partial charge in [0.1, 0.15) is 5.52 Å². The van der Waals surface area contributed by atoms with Crippen molar-refractivity contribution in [2.45, 2.75) is 37.8 Å². The summed E-state index contributed by atoms with van der Waals surface area (Å²) in [5, 5.41) is 13.2. The number of aliphatic carboxylic acids is 1. The van der Waals surface area contributed by atoms with Crippen LogP contribution in [0.25, 0.3) is 11.0 Å². The first-order chi connectivity index (χ1) is 14.7. The lowest BCUT2D eigenvalue weighted by atomic mass is 9.80. The number of fused-ring (bicyclic) bond motifs is 1. The van der Waals surface area contributed by atoms with Gasteiger partial charge in [-0.05, 0) is 49.9 Å². The van der Waals surface area contributed by atoms with Gasteiger partial charge in [-0.1, -0.05) is 17.7 Å². The summed E-state index contributed by atoms with van der Waals surface area (Å²) in [6.45, 7) is 0. The maximum Gasteiger partial charge on any atom is 0.417 e. The molecule has 1 aromatic carbocycles. The van der Waals surface area contributed by atoms with E-state index in [1.807, 2.05) is 0 Å². The Bertz CT molecular complexity index is 1170. The summed E-state index contributed by atoms with van der Waals surface area (Å²) in [5.41, 5.74) is -0.647. The Kier molecular flexibility index (Phi) is 5.47. The fourth-order valence-electron chi connectivity index (χ4n) is 4.10. The van der Waals surface area contributed by atoms with Crippen molar-refractivity contribution in [2.24, 2.45) is 5.92 Å². The van der Waals surface area contributed by atoms with Gasteiger partial charge >= 0.3 is 12.1 Å². The van der Waals surface area contributed by atoms with Crippen molar-refractivity contribution in [3.8, 4) is 0 Å². The van der Waals surface area contributed by atoms with Gasteiger partial charge < -0.3 is 5.11 Å². The number of carbonyl (C=O) groups excluding carboxylic acids is 1. The van der Waals surface area contributed by atoms with Gasteiger partial charge in [-0.2, -0.15) is 23.0 Å². The summed E-state index contributed by atoms with van der Waals surface area (Å²) in [4.78, 5) is 28.7. The Morgan fingerprint density at radius 3 is 2.45 bits per heavy atom. The molecule has 4 rings (SSSR count). The van der Waals surface area contributed by atoms with Gasteiger partial charge in [0.25, 0.3) is 5.91 Å². The number of pyridine rings is 1. The summed E-state index contributed by atoms with van der Waals surface area (Å²) < 4.78 is 41.5. The summed E-state index contributed by atoms with van der Waals surface area (Å²) in [5.74, 6) is -2.42. The maximum atomic E-state index is 13.5. The van der Waals surface area contributed by atoms with Crippen molar-refractivity contribution in [3.05, 3.63) is 58.4 Å². The molecule has 2 heterocycles. The highest BCUT2D eigenvalue weighted by atomic mass is 35.5. The van der Waals surface area contributed by atoms with Crippen molar-refractivity contribution in [1.82, 2.24) is 14.8 Å². The quantitative estimate of drug-likeness (QED) is 0.595. The van der Waals surface area contributed by atoms with E-state index < -0.39 is 35.1 Å². The molecular formula is C21H17ClF3N3O3. The van der Waals surface area contributed by atoms with Crippen molar-refractivity contribution < 1.29 is 27.9 Å². The third-order valence-corrected chi connectivity index (χ3v) is 5.97. The predicted octanol–water partition coefficient (Wildman–Crippen LogP) is 5.15. The van der Waals surface area contributed by atoms with Crippen molar-refractivity contribution in [3.63, 3.8) is 0 Å². The van der Waals surface area contributed by atoms with E-state index in [2.05, 4.69) is 10.1 Å². The molecule has 0 radical (unpaired) electrons. The van der Waals surface area contributed by atoms with Crippen LogP contribution in [0.4, 0.5) is 13.2 Å². The third-order valence-electron chi connectivity index (χ3n) is 5.65. The predicted molar refractivity (Wildman–Crippen MR) is 106 cm³/mol. The number of benzene rings is 1. The number of carbonyl (C=O) groups is 2. The van der Waals surface area contributed by atoms with Gasteiger partial charge in [0.05, 0.1) is 33.3 Å². The lowest BCUT2D eigenvalue weighted by Gasteiger charge is -2.24. The molecule has 6 nitrogen and oxygen atoms in total. The summed E-state index contributed by atoms with van der Waals surface area (Å²) in [6.07, 6.45) is -1.27. The van der Waals surface area contributed by atoms with Gasteiger partial charge in [0.15, 0.2) is 0 Å². The molecule has 1 N–H and O–H groups in total. The van der Waals surface area contributed by atoms with E-state index in [0.29, 0.717) is 36.9 Å². The van der Waals surface area contributed by atoms with Crippen LogP contribution in [-0.2, 0) is 11.0 Å². The van der Waals surface area contributed by atoms with Crippen LogP contribution in [0.15, 0.2) is 36.5 Å². The van der Waals surface area contributed by atoms with Crippen LogP contribution in [0.5, 0.6) is 0 Å². The first-order valence-corrected chi connectivity index (χ1v) is 10.0. The van der Waals surface area contributed by atoms with Crippen LogP contribution < -0.4 is 0 Å². The van der Waals surface area contributed by atoms with Crippen molar-refractivity contribution >= 4 is 34.5 Å². The lowest BCUT2D eigenvalue weighted by Crippen LogP contribution is -2.22. The van der Waals surface area contributed by atoms with E-state index in [0.717, 1.165) is 16.8 Å². The van der Waals surface area contributed by atoms with E-state index in [1.54, 1.807) is 12.1 Å². The van der Waals surface area contributed by atoms with E-state index in [-0.39, 0.29) is 16.5 Å². The third kappa shape index (κ3) is 3.89. The monoisotopic (exact) mass is 451 g/mol. The zero-order valence-corrected chi connectivity index (χ0v) is 16.8. The molecule has 31 heavy (non-hydrogen) atoms. The van der Waals surface area contributed by atoms with Crippen LogP contribution >= 0.6 is 11.6 Å². The molecule has 0 atom stereocenters. The number of hydrogen-bond acceptors (Lipinski definition) is 4. The highest BCUT2D eigenvalue weighted by molar-refractivity contribution is 6.34. The first kappa shape index (κ1) is 21.3. The zero-order valence-electron chi connectivity index (χ0n) is 16.1. The molecule has 3 aromatic rings. The molecule has 0 amide bonds. The van der Waals surface area contributed by atoms with E-state index in [4.69, 9.17) is 11.6 Å². The largest absolute Gasteiger partial charge is 0.481 e. The molecule has 0 spiro atoms. The Balaban J connectivity index is 1.79. The normalized spacial score (nSPS) is 19.5. The Morgan fingerprint density at radius 2 is 1.81 bits per heavy atom. The van der Waals surface area contributed by atoms with Crippen LogP contribution in [0, 0.1) is 5.92 Å². The maximum absolute atomic E-state index is 13.5. The second-order valence-corrected chi connectivity index (χ2v) is 7.93. The standard InChI is InChI=1S/C21H17ClF3N3O3/c22-14-4-1-3-13(21(23,24)25)16(14)19(29)28-15-5-2-10-26-18(15)17(27-28)11-6-8-12(9-7-11)20(30)31/h1-5,10-12H,6-9H2,(H,30,31)/t11-,12+. The number of hydrogen-bond donors (Lipinski definition) is 1. The zero-order chi connectivity index (χ0) is 22.3. The smallest absolute Gasteiger partial charge is 0.417 e.